The van der Waals surface area contributed by atoms with Crippen molar-refractivity contribution in [1.29, 1.82) is 0 Å². The number of unbranched alkanes of at least 4 members (excludes halogenated alkanes) is 1. The van der Waals surface area contributed by atoms with Crippen LogP contribution in [0.1, 0.15) is 56.3 Å². The Morgan fingerprint density at radius 2 is 1.94 bits per heavy atom. The molecule has 1 N–H and O–H groups in total. The number of allylic oxidation sites excluding steroid dienone is 1. The van der Waals surface area contributed by atoms with E-state index in [1.807, 2.05) is 31.2 Å². The molecule has 1 aromatic heterocycles. The molecule has 35 heavy (non-hydrogen) atoms. The molecule has 0 radical (unpaired) electrons. The number of hydrogen-bond acceptors (Lipinski definition) is 7. The van der Waals surface area contributed by atoms with Gasteiger partial charge in [-0.1, -0.05) is 74.0 Å². The third-order valence-corrected chi connectivity index (χ3v) is 6.48. The van der Waals surface area contributed by atoms with E-state index in [9.17, 15) is 4.79 Å². The molecule has 0 saturated carbocycles. The van der Waals surface area contributed by atoms with Gasteiger partial charge in [-0.25, -0.2) is 9.48 Å². The Hall–Kier alpha value is -3.26. The van der Waals surface area contributed by atoms with Crippen molar-refractivity contribution in [2.75, 3.05) is 17.7 Å². The van der Waals surface area contributed by atoms with Gasteiger partial charge in [0.25, 0.3) is 0 Å². The zero-order valence-corrected chi connectivity index (χ0v) is 21.5. The lowest BCUT2D eigenvalue weighted by atomic mass is 9.95. The first kappa shape index (κ1) is 24.9. The van der Waals surface area contributed by atoms with Crippen LogP contribution in [0.5, 0.6) is 5.75 Å². The third kappa shape index (κ3) is 5.88. The summed E-state index contributed by atoms with van der Waals surface area (Å²) in [5.41, 5.74) is 4.44. The van der Waals surface area contributed by atoms with E-state index in [-0.39, 0.29) is 5.97 Å². The van der Waals surface area contributed by atoms with E-state index in [1.54, 1.807) is 16.4 Å². The number of carbonyl (C=O) groups excluding carboxylic acids is 1. The standard InChI is InChI=1S/C27H32N4O3S/c1-5-7-15-33-25(32)23-19(4)28-26-29-27(35-6-2)30-31(26)24(23)21-9-8-10-22(16-21)34-17-20-13-11-18(3)12-14-20/h8-14,16,24H,5-7,15,17H2,1-4H3,(H,28,29,30). The molecule has 0 saturated heterocycles. The van der Waals surface area contributed by atoms with Crippen molar-refractivity contribution in [1.82, 2.24) is 14.8 Å². The molecule has 0 amide bonds. The van der Waals surface area contributed by atoms with E-state index < -0.39 is 6.04 Å². The topological polar surface area (TPSA) is 78.3 Å². The number of fused-ring (bicyclic) bond motifs is 1. The summed E-state index contributed by atoms with van der Waals surface area (Å²) in [7, 11) is 0. The molecule has 0 bridgehead atoms. The number of esters is 1. The van der Waals surface area contributed by atoms with E-state index >= 15 is 0 Å². The summed E-state index contributed by atoms with van der Waals surface area (Å²) in [6.45, 7) is 8.93. The van der Waals surface area contributed by atoms with Crippen molar-refractivity contribution in [2.24, 2.45) is 0 Å². The van der Waals surface area contributed by atoms with Gasteiger partial charge in [-0.05, 0) is 49.3 Å². The summed E-state index contributed by atoms with van der Waals surface area (Å²) in [5, 5.41) is 8.63. The molecule has 8 heteroatoms. The number of aryl methyl sites for hydroxylation is 1. The molecular weight excluding hydrogens is 460 g/mol. The van der Waals surface area contributed by atoms with Crippen LogP contribution < -0.4 is 10.1 Å². The fraction of sp³-hybridized carbons (Fsp3) is 0.370. The van der Waals surface area contributed by atoms with Crippen molar-refractivity contribution in [3.05, 3.63) is 76.5 Å². The second-order valence-corrected chi connectivity index (χ2v) is 9.73. The van der Waals surface area contributed by atoms with Crippen molar-refractivity contribution in [3.63, 3.8) is 0 Å². The van der Waals surface area contributed by atoms with Crippen LogP contribution in [-0.4, -0.2) is 33.1 Å². The number of carbonyl (C=O) groups is 1. The highest BCUT2D eigenvalue weighted by atomic mass is 32.2. The number of ether oxygens (including phenoxy) is 2. The van der Waals surface area contributed by atoms with Crippen LogP contribution in [0.25, 0.3) is 0 Å². The molecule has 184 valence electrons. The molecule has 3 aromatic rings. The van der Waals surface area contributed by atoms with E-state index in [0.717, 1.165) is 41.2 Å². The molecule has 1 unspecified atom stereocenters. The minimum absolute atomic E-state index is 0.342. The maximum Gasteiger partial charge on any atom is 0.338 e. The van der Waals surface area contributed by atoms with Crippen molar-refractivity contribution in [3.8, 4) is 5.75 Å². The average Bonchev–Trinajstić information content (AvgIpc) is 3.25. The average molecular weight is 493 g/mol. The first-order chi connectivity index (χ1) is 17.0. The van der Waals surface area contributed by atoms with Crippen LogP contribution in [0, 0.1) is 6.92 Å². The van der Waals surface area contributed by atoms with Gasteiger partial charge >= 0.3 is 5.97 Å². The summed E-state index contributed by atoms with van der Waals surface area (Å²) in [4.78, 5) is 17.8. The van der Waals surface area contributed by atoms with Gasteiger partial charge in [0.05, 0.1) is 12.2 Å². The molecule has 4 rings (SSSR count). The second-order valence-electron chi connectivity index (χ2n) is 8.50. The molecule has 1 aliphatic rings. The molecular formula is C27H32N4O3S. The van der Waals surface area contributed by atoms with Crippen LogP contribution in [0.2, 0.25) is 0 Å². The largest absolute Gasteiger partial charge is 0.489 e. The number of nitrogens with one attached hydrogen (secondary N) is 1. The maximum atomic E-state index is 13.2. The predicted octanol–water partition coefficient (Wildman–Crippen LogP) is 5.91. The second kappa shape index (κ2) is 11.4. The summed E-state index contributed by atoms with van der Waals surface area (Å²) in [6.07, 6.45) is 1.78. The lowest BCUT2D eigenvalue weighted by Gasteiger charge is -2.28. The molecule has 0 spiro atoms. The molecule has 1 aliphatic heterocycles. The van der Waals surface area contributed by atoms with Crippen molar-refractivity contribution in [2.45, 2.75) is 58.3 Å². The van der Waals surface area contributed by atoms with Gasteiger partial charge in [0, 0.05) is 5.70 Å². The SMILES string of the molecule is CCCCOC(=O)C1=C(C)Nc2nc(SCC)nn2C1c1cccc(OCc2ccc(C)cc2)c1. The van der Waals surface area contributed by atoms with E-state index in [1.165, 1.54) is 5.56 Å². The third-order valence-electron chi connectivity index (χ3n) is 5.76. The van der Waals surface area contributed by atoms with Crippen LogP contribution >= 0.6 is 11.8 Å². The zero-order valence-electron chi connectivity index (χ0n) is 20.7. The number of benzene rings is 2. The first-order valence-corrected chi connectivity index (χ1v) is 13.0. The van der Waals surface area contributed by atoms with Gasteiger partial charge in [0.1, 0.15) is 18.4 Å². The number of nitrogens with zero attached hydrogens (tertiary/aromatic N) is 3. The van der Waals surface area contributed by atoms with E-state index in [2.05, 4.69) is 55.3 Å². The minimum atomic E-state index is -0.470. The van der Waals surface area contributed by atoms with E-state index in [0.29, 0.717) is 29.9 Å². The highest BCUT2D eigenvalue weighted by Gasteiger charge is 2.35. The van der Waals surface area contributed by atoms with Gasteiger partial charge in [0.15, 0.2) is 0 Å². The van der Waals surface area contributed by atoms with Gasteiger partial charge in [-0.15, -0.1) is 5.10 Å². The van der Waals surface area contributed by atoms with Crippen LogP contribution in [0.3, 0.4) is 0 Å². The Labute approximate surface area is 210 Å². The van der Waals surface area contributed by atoms with Gasteiger partial charge in [-0.3, -0.25) is 0 Å². The highest BCUT2D eigenvalue weighted by Crippen LogP contribution is 2.37. The van der Waals surface area contributed by atoms with E-state index in [4.69, 9.17) is 14.6 Å². The predicted molar refractivity (Wildman–Crippen MR) is 139 cm³/mol. The summed E-state index contributed by atoms with van der Waals surface area (Å²) in [6, 6.07) is 15.6. The molecule has 2 aromatic carbocycles. The Morgan fingerprint density at radius 1 is 1.14 bits per heavy atom. The molecule has 0 fully saturated rings. The summed E-state index contributed by atoms with van der Waals surface area (Å²) < 4.78 is 13.5. The smallest absolute Gasteiger partial charge is 0.338 e. The quantitative estimate of drug-likeness (QED) is 0.214. The first-order valence-electron chi connectivity index (χ1n) is 12.0. The number of thioether (sulfide) groups is 1. The number of hydrogen-bond donors (Lipinski definition) is 1. The fourth-order valence-electron chi connectivity index (χ4n) is 3.91. The molecule has 2 heterocycles. The van der Waals surface area contributed by atoms with Crippen LogP contribution in [0.15, 0.2) is 65.0 Å². The van der Waals surface area contributed by atoms with Crippen LogP contribution in [-0.2, 0) is 16.1 Å². The lowest BCUT2D eigenvalue weighted by molar-refractivity contribution is -0.139. The van der Waals surface area contributed by atoms with Crippen LogP contribution in [0.4, 0.5) is 5.95 Å². The Kier molecular flexibility index (Phi) is 8.13. The molecule has 7 nitrogen and oxygen atoms in total. The normalized spacial score (nSPS) is 14.9. The Balaban J connectivity index is 1.66. The van der Waals surface area contributed by atoms with Gasteiger partial charge < -0.3 is 14.8 Å². The summed E-state index contributed by atoms with van der Waals surface area (Å²) >= 11 is 1.56. The highest BCUT2D eigenvalue weighted by molar-refractivity contribution is 7.99. The lowest BCUT2D eigenvalue weighted by Crippen LogP contribution is -2.29. The van der Waals surface area contributed by atoms with Crippen molar-refractivity contribution >= 4 is 23.7 Å². The zero-order chi connectivity index (χ0) is 24.8. The number of aromatic nitrogens is 3. The Morgan fingerprint density at radius 3 is 2.69 bits per heavy atom. The minimum Gasteiger partial charge on any atom is -0.489 e. The van der Waals surface area contributed by atoms with Gasteiger partial charge in [0.2, 0.25) is 11.1 Å². The molecule has 1 atom stereocenters. The summed E-state index contributed by atoms with van der Waals surface area (Å²) in [5.74, 6) is 1.85. The maximum absolute atomic E-state index is 13.2. The molecule has 0 aliphatic carbocycles. The van der Waals surface area contributed by atoms with Gasteiger partial charge in [-0.2, -0.15) is 4.98 Å². The number of anilines is 1. The monoisotopic (exact) mass is 492 g/mol. The Bertz CT molecular complexity index is 1200. The van der Waals surface area contributed by atoms with Crippen molar-refractivity contribution < 1.29 is 14.3 Å². The fourth-order valence-corrected chi connectivity index (χ4v) is 4.46. The number of rotatable bonds is 10.